The van der Waals surface area contributed by atoms with Gasteiger partial charge in [0.2, 0.25) is 0 Å². The summed E-state index contributed by atoms with van der Waals surface area (Å²) in [5.41, 5.74) is 5.98. The predicted octanol–water partition coefficient (Wildman–Crippen LogP) is 6.82. The van der Waals surface area contributed by atoms with Gasteiger partial charge in [-0.1, -0.05) is 87.4 Å². The Kier molecular flexibility index (Phi) is 15.2. The van der Waals surface area contributed by atoms with E-state index >= 15 is 0 Å². The molecule has 0 saturated heterocycles. The summed E-state index contributed by atoms with van der Waals surface area (Å²) >= 11 is 0. The summed E-state index contributed by atoms with van der Waals surface area (Å²) in [5, 5.41) is 0. The molecule has 0 unspecified atom stereocenters. The predicted molar refractivity (Wildman–Crippen MR) is 128 cm³/mol. The molecule has 0 bridgehead atoms. The van der Waals surface area contributed by atoms with Crippen molar-refractivity contribution < 1.29 is 75.0 Å². The van der Waals surface area contributed by atoms with E-state index in [1.807, 2.05) is 27.7 Å². The van der Waals surface area contributed by atoms with Crippen LogP contribution in [0.25, 0.3) is 0 Å². The van der Waals surface area contributed by atoms with Crippen LogP contribution < -0.4 is 0 Å². The molecule has 170 valence electrons. The Hall–Kier alpha value is -0.532. The van der Waals surface area contributed by atoms with E-state index in [0.717, 1.165) is 22.3 Å². The van der Waals surface area contributed by atoms with Crippen LogP contribution in [0, 0.1) is 26.0 Å². The van der Waals surface area contributed by atoms with Crippen LogP contribution in [-0.4, -0.2) is 11.6 Å². The summed E-state index contributed by atoms with van der Waals surface area (Å²) in [5.74, 6) is 0.0107. The van der Waals surface area contributed by atoms with E-state index < -0.39 is 5.41 Å². The zero-order valence-corrected chi connectivity index (χ0v) is 26.6. The van der Waals surface area contributed by atoms with Crippen LogP contribution in [0.5, 0.6) is 0 Å². The second-order valence-electron chi connectivity index (χ2n) is 8.91. The van der Waals surface area contributed by atoms with E-state index in [0.29, 0.717) is 25.7 Å². The van der Waals surface area contributed by atoms with E-state index in [1.54, 1.807) is 0 Å². The number of rotatable bonds is 10. The molecule has 0 amide bonds. The van der Waals surface area contributed by atoms with E-state index in [4.69, 9.17) is 0 Å². The van der Waals surface area contributed by atoms with Gasteiger partial charge >= 0.3 is 0 Å². The minimum Gasteiger partial charge on any atom is -0.428 e. The fourth-order valence-corrected chi connectivity index (χ4v) is 3.95. The first-order valence-electron chi connectivity index (χ1n) is 11.0. The van der Waals surface area contributed by atoms with Crippen LogP contribution in [-0.2, 0) is 80.4 Å². The quantitative estimate of drug-likeness (QED) is 0.224. The van der Waals surface area contributed by atoms with Crippen molar-refractivity contribution >= 4 is 11.6 Å². The first-order chi connectivity index (χ1) is 14.6. The van der Waals surface area contributed by atoms with Crippen molar-refractivity contribution in [2.75, 3.05) is 0 Å². The number of aryl methyl sites for hydroxylation is 2. The summed E-state index contributed by atoms with van der Waals surface area (Å²) in [6.45, 7) is 11.7. The number of carbonyl (C=O) groups excluding carboxylic acids is 2. The van der Waals surface area contributed by atoms with Gasteiger partial charge in [-0.15, -0.1) is 0 Å². The zero-order chi connectivity index (χ0) is 23.0. The molecule has 33 heavy (non-hydrogen) atoms. The molecule has 4 heteroatoms. The third kappa shape index (κ3) is 10.3. The van der Waals surface area contributed by atoms with Crippen LogP contribution in [0.15, 0.2) is 59.7 Å². The fourth-order valence-electron chi connectivity index (χ4n) is 3.95. The van der Waals surface area contributed by atoms with Crippen LogP contribution in [0.4, 0.5) is 0 Å². The van der Waals surface area contributed by atoms with Crippen molar-refractivity contribution in [2.24, 2.45) is 0 Å². The summed E-state index contributed by atoms with van der Waals surface area (Å²) in [4.78, 5) is 25.1. The van der Waals surface area contributed by atoms with Crippen LogP contribution >= 0.6 is 0 Å². The van der Waals surface area contributed by atoms with Crippen LogP contribution in [0.3, 0.4) is 0 Å². The Morgan fingerprint density at radius 3 is 1.21 bits per heavy atom. The topological polar surface area (TPSA) is 34.1 Å². The maximum atomic E-state index is 12.5. The normalized spacial score (nSPS) is 10.4. The molecule has 2 aromatic rings. The Bertz CT molecular complexity index is 878. The summed E-state index contributed by atoms with van der Waals surface area (Å²) in [6, 6.07) is 17.0. The number of hydrogen-bond acceptors (Lipinski definition) is 2. The number of Topliss-reactive ketones (excluding diaryl/α,β-unsaturated/α-hetero) is 2. The number of carbonyl (C=O) groups is 2. The monoisotopic (exact) mass is 592 g/mol. The average molecular weight is 592 g/mol. The Labute approximate surface area is 250 Å². The van der Waals surface area contributed by atoms with Gasteiger partial charge in [0, 0.05) is 70.8 Å². The minimum absolute atomic E-state index is 0. The molecular formula is C29H34O2Y2-2. The molecule has 0 aliphatic carbocycles. The van der Waals surface area contributed by atoms with E-state index in [2.05, 4.69) is 74.5 Å². The van der Waals surface area contributed by atoms with Crippen molar-refractivity contribution in [1.29, 1.82) is 0 Å². The molecule has 0 fully saturated rings. The first-order valence-corrected chi connectivity index (χ1v) is 11.0. The Morgan fingerprint density at radius 1 is 0.636 bits per heavy atom. The third-order valence-corrected chi connectivity index (χ3v) is 5.54. The van der Waals surface area contributed by atoms with Crippen molar-refractivity contribution in [3.8, 4) is 0 Å². The molecule has 0 saturated carbocycles. The molecule has 0 atom stereocenters. The fraction of sp³-hybridized carbons (Fsp3) is 0.379. The maximum absolute atomic E-state index is 12.5. The van der Waals surface area contributed by atoms with Gasteiger partial charge in [0.1, 0.15) is 0 Å². The van der Waals surface area contributed by atoms with Gasteiger partial charge in [0.15, 0.2) is 0 Å². The smallest absolute Gasteiger partial charge is 0.0209 e. The molecule has 2 radical (unpaired) electrons. The van der Waals surface area contributed by atoms with Crippen LogP contribution in [0.1, 0.15) is 75.6 Å². The van der Waals surface area contributed by atoms with Gasteiger partial charge < -0.3 is 21.7 Å². The maximum Gasteiger partial charge on any atom is 0.0209 e. The van der Waals surface area contributed by atoms with Gasteiger partial charge in [-0.3, -0.25) is 11.1 Å². The number of allylic oxidation sites excluding steroid dienone is 4. The zero-order valence-electron chi connectivity index (χ0n) is 20.9. The third-order valence-electron chi connectivity index (χ3n) is 5.54. The summed E-state index contributed by atoms with van der Waals surface area (Å²) < 4.78 is 0. The van der Waals surface area contributed by atoms with Gasteiger partial charge in [0.05, 0.1) is 0 Å². The number of ketones is 2. The second kappa shape index (κ2) is 15.5. The van der Waals surface area contributed by atoms with Crippen molar-refractivity contribution in [2.45, 2.75) is 72.6 Å². The molecule has 0 aliphatic rings. The van der Waals surface area contributed by atoms with Crippen molar-refractivity contribution in [3.63, 3.8) is 0 Å². The molecule has 0 aromatic heterocycles. The van der Waals surface area contributed by atoms with Gasteiger partial charge in [-0.05, 0) is 62.2 Å². The molecule has 0 heterocycles. The van der Waals surface area contributed by atoms with Crippen molar-refractivity contribution in [3.05, 3.63) is 94.1 Å². The molecule has 2 rings (SSSR count). The molecule has 0 N–H and O–H groups in total. The first kappa shape index (κ1) is 32.5. The van der Waals surface area contributed by atoms with E-state index in [-0.39, 0.29) is 77.0 Å². The SMILES string of the molecule is CC(C)=[C-]C(=O)CCC(CCC(=O)[C-]=C(C)C)(c1ccc(C)cc1)c1ccc(C)cc1.[Y].[Y]. The molecular weight excluding hydrogens is 558 g/mol. The molecule has 2 aromatic carbocycles. The van der Waals surface area contributed by atoms with E-state index in [9.17, 15) is 9.59 Å². The summed E-state index contributed by atoms with van der Waals surface area (Å²) in [6.07, 6.45) is 7.86. The van der Waals surface area contributed by atoms with Gasteiger partial charge in [-0.25, -0.2) is 0 Å². The van der Waals surface area contributed by atoms with Gasteiger partial charge in [0.25, 0.3) is 0 Å². The average Bonchev–Trinajstić information content (AvgIpc) is 2.69. The molecule has 2 nitrogen and oxygen atoms in total. The number of benzene rings is 2. The molecule has 0 spiro atoms. The minimum atomic E-state index is -0.431. The Morgan fingerprint density at radius 2 is 0.939 bits per heavy atom. The van der Waals surface area contributed by atoms with Crippen molar-refractivity contribution in [1.82, 2.24) is 0 Å². The van der Waals surface area contributed by atoms with E-state index in [1.165, 1.54) is 11.1 Å². The standard InChI is InChI=1S/C29H34O2.2Y/c1-21(2)19-27(30)15-17-29(18-16-28(31)20-22(3)4,25-11-7-23(5)8-12-25)26-13-9-24(6)10-14-26;;/h7-14H,15-18H2,1-6H3;;/q-2;;. The largest absolute Gasteiger partial charge is 0.428 e. The second-order valence-corrected chi connectivity index (χ2v) is 8.91. The molecule has 0 aliphatic heterocycles. The van der Waals surface area contributed by atoms with Gasteiger partial charge in [-0.2, -0.15) is 0 Å². The Balaban J connectivity index is 0.00000512. The summed E-state index contributed by atoms with van der Waals surface area (Å²) in [7, 11) is 0. The van der Waals surface area contributed by atoms with Crippen LogP contribution in [0.2, 0.25) is 0 Å². The number of hydrogen-bond donors (Lipinski definition) is 0.